The van der Waals surface area contributed by atoms with Gasteiger partial charge in [0, 0.05) is 23.8 Å². The zero-order valence-corrected chi connectivity index (χ0v) is 15.9. The Morgan fingerprint density at radius 3 is 2.41 bits per heavy atom. The molecule has 150 valence electrons. The van der Waals surface area contributed by atoms with Gasteiger partial charge in [0.25, 0.3) is 5.91 Å². The number of benzene rings is 1. The summed E-state index contributed by atoms with van der Waals surface area (Å²) in [4.78, 5) is 42.0. The van der Waals surface area contributed by atoms with Crippen molar-refractivity contribution in [2.24, 2.45) is 0 Å². The summed E-state index contributed by atoms with van der Waals surface area (Å²) in [5, 5.41) is 2.76. The van der Waals surface area contributed by atoms with Crippen LogP contribution in [-0.2, 0) is 23.8 Å². The second kappa shape index (κ2) is 8.98. The highest BCUT2D eigenvalue weighted by Gasteiger charge is 2.32. The minimum Gasteiger partial charge on any atom is -0.466 e. The van der Waals surface area contributed by atoms with Gasteiger partial charge >= 0.3 is 11.9 Å². The second-order valence-corrected chi connectivity index (χ2v) is 5.96. The number of pyridine rings is 1. The summed E-state index contributed by atoms with van der Waals surface area (Å²) in [6.45, 7) is -0.0147. The maximum atomic E-state index is 12.3. The normalized spacial score (nSPS) is 13.7. The SMILES string of the molecule is COC(=O)C1=C(C(=O)OC)N(c2ccc(NC(=O)c3cccnc3)cc2)COC1. The van der Waals surface area contributed by atoms with Crippen LogP contribution in [0.1, 0.15) is 10.4 Å². The lowest BCUT2D eigenvalue weighted by molar-refractivity contribution is -0.140. The molecule has 0 unspecified atom stereocenters. The Morgan fingerprint density at radius 2 is 1.79 bits per heavy atom. The average Bonchev–Trinajstić information content (AvgIpc) is 2.78. The molecule has 0 bridgehead atoms. The molecule has 0 radical (unpaired) electrons. The molecule has 9 nitrogen and oxygen atoms in total. The van der Waals surface area contributed by atoms with E-state index >= 15 is 0 Å². The maximum Gasteiger partial charge on any atom is 0.355 e. The molecule has 0 atom stereocenters. The van der Waals surface area contributed by atoms with Crippen LogP contribution in [-0.4, -0.2) is 50.4 Å². The fourth-order valence-corrected chi connectivity index (χ4v) is 2.77. The lowest BCUT2D eigenvalue weighted by Crippen LogP contribution is -2.38. The molecule has 3 rings (SSSR count). The number of methoxy groups -OCH3 is 2. The van der Waals surface area contributed by atoms with Crippen LogP contribution in [0, 0.1) is 0 Å². The molecule has 2 aromatic rings. The van der Waals surface area contributed by atoms with Crippen molar-refractivity contribution >= 4 is 29.2 Å². The van der Waals surface area contributed by atoms with Crippen molar-refractivity contribution in [3.63, 3.8) is 0 Å². The van der Waals surface area contributed by atoms with E-state index in [9.17, 15) is 14.4 Å². The van der Waals surface area contributed by atoms with Gasteiger partial charge in [-0.15, -0.1) is 0 Å². The topological polar surface area (TPSA) is 107 Å². The summed E-state index contributed by atoms with van der Waals surface area (Å²) < 4.78 is 15.0. The van der Waals surface area contributed by atoms with Gasteiger partial charge in [0.1, 0.15) is 12.4 Å². The number of ether oxygens (including phenoxy) is 3. The summed E-state index contributed by atoms with van der Waals surface area (Å²) in [7, 11) is 2.46. The largest absolute Gasteiger partial charge is 0.466 e. The number of anilines is 2. The van der Waals surface area contributed by atoms with Crippen LogP contribution in [0.4, 0.5) is 11.4 Å². The van der Waals surface area contributed by atoms with Crippen LogP contribution in [0.25, 0.3) is 0 Å². The van der Waals surface area contributed by atoms with Gasteiger partial charge < -0.3 is 24.4 Å². The first-order chi connectivity index (χ1) is 14.0. The van der Waals surface area contributed by atoms with Gasteiger partial charge in [0.2, 0.25) is 0 Å². The molecule has 1 N–H and O–H groups in total. The van der Waals surface area contributed by atoms with Crippen molar-refractivity contribution in [2.45, 2.75) is 0 Å². The summed E-state index contributed by atoms with van der Waals surface area (Å²) in [5.74, 6) is -1.65. The van der Waals surface area contributed by atoms with Crippen LogP contribution in [0.15, 0.2) is 60.1 Å². The van der Waals surface area contributed by atoms with Crippen molar-refractivity contribution in [2.75, 3.05) is 37.8 Å². The molecule has 0 aliphatic carbocycles. The third kappa shape index (κ3) is 4.41. The standard InChI is InChI=1S/C20H19N3O6/c1-27-19(25)16-11-29-12-23(17(16)20(26)28-2)15-7-5-14(6-8-15)22-18(24)13-4-3-9-21-10-13/h3-10H,11-12H2,1-2H3,(H,22,24). The molecule has 1 aliphatic heterocycles. The first kappa shape index (κ1) is 20.0. The molecule has 0 fully saturated rings. The first-order valence-corrected chi connectivity index (χ1v) is 8.61. The zero-order chi connectivity index (χ0) is 20.8. The van der Waals surface area contributed by atoms with Crippen molar-refractivity contribution in [3.05, 3.63) is 65.6 Å². The average molecular weight is 397 g/mol. The Bertz CT molecular complexity index is 940. The highest BCUT2D eigenvalue weighted by atomic mass is 16.5. The number of hydrogen-bond acceptors (Lipinski definition) is 8. The Hall–Kier alpha value is -3.72. The van der Waals surface area contributed by atoms with E-state index in [1.165, 1.54) is 25.3 Å². The summed E-state index contributed by atoms with van der Waals surface area (Å²) in [6.07, 6.45) is 3.05. The number of nitrogens with one attached hydrogen (secondary N) is 1. The fraction of sp³-hybridized carbons (Fsp3) is 0.200. The third-order valence-corrected chi connectivity index (χ3v) is 4.19. The van der Waals surface area contributed by atoms with Gasteiger partial charge in [0.15, 0.2) is 0 Å². The number of carbonyl (C=O) groups excluding carboxylic acids is 3. The number of aromatic nitrogens is 1. The molecule has 2 heterocycles. The maximum absolute atomic E-state index is 12.3. The molecule has 1 aromatic heterocycles. The molecule has 29 heavy (non-hydrogen) atoms. The Kier molecular flexibility index (Phi) is 6.20. The van der Waals surface area contributed by atoms with Crippen LogP contribution >= 0.6 is 0 Å². The Labute approximate surface area is 166 Å². The quantitative estimate of drug-likeness (QED) is 0.760. The Morgan fingerprint density at radius 1 is 1.07 bits per heavy atom. The molecular weight excluding hydrogens is 378 g/mol. The number of amides is 1. The minimum absolute atomic E-state index is 0.0479. The minimum atomic E-state index is -0.678. The summed E-state index contributed by atoms with van der Waals surface area (Å²) >= 11 is 0. The predicted octanol–water partition coefficient (Wildman–Crippen LogP) is 1.73. The second-order valence-electron chi connectivity index (χ2n) is 5.96. The fourth-order valence-electron chi connectivity index (χ4n) is 2.77. The van der Waals surface area contributed by atoms with E-state index in [-0.39, 0.29) is 30.5 Å². The highest BCUT2D eigenvalue weighted by molar-refractivity contribution is 6.05. The third-order valence-electron chi connectivity index (χ3n) is 4.19. The zero-order valence-electron chi connectivity index (χ0n) is 15.9. The van der Waals surface area contributed by atoms with Crippen molar-refractivity contribution in [3.8, 4) is 0 Å². The summed E-state index contributed by atoms with van der Waals surface area (Å²) in [5.41, 5.74) is 1.68. The van der Waals surface area contributed by atoms with Gasteiger partial charge in [-0.3, -0.25) is 9.78 Å². The van der Waals surface area contributed by atoms with E-state index in [0.29, 0.717) is 16.9 Å². The lowest BCUT2D eigenvalue weighted by atomic mass is 10.1. The van der Waals surface area contributed by atoms with E-state index < -0.39 is 11.9 Å². The molecular formula is C20H19N3O6. The molecule has 0 spiro atoms. The summed E-state index contributed by atoms with van der Waals surface area (Å²) in [6, 6.07) is 10.0. The number of carbonyl (C=O) groups is 3. The number of rotatable bonds is 5. The van der Waals surface area contributed by atoms with Gasteiger partial charge in [-0.05, 0) is 36.4 Å². The van der Waals surface area contributed by atoms with E-state index in [1.807, 2.05) is 0 Å². The molecule has 1 amide bonds. The lowest BCUT2D eigenvalue weighted by Gasteiger charge is -2.31. The number of nitrogens with zero attached hydrogens (tertiary/aromatic N) is 2. The smallest absolute Gasteiger partial charge is 0.355 e. The van der Waals surface area contributed by atoms with Crippen molar-refractivity contribution in [1.82, 2.24) is 4.98 Å². The van der Waals surface area contributed by atoms with E-state index in [0.717, 1.165) is 0 Å². The van der Waals surface area contributed by atoms with E-state index in [1.54, 1.807) is 42.6 Å². The molecule has 9 heteroatoms. The highest BCUT2D eigenvalue weighted by Crippen LogP contribution is 2.27. The first-order valence-electron chi connectivity index (χ1n) is 8.61. The van der Waals surface area contributed by atoms with Crippen LogP contribution in [0.5, 0.6) is 0 Å². The van der Waals surface area contributed by atoms with Gasteiger partial charge in [-0.2, -0.15) is 0 Å². The molecule has 0 saturated carbocycles. The van der Waals surface area contributed by atoms with Gasteiger partial charge in [-0.25, -0.2) is 9.59 Å². The number of esters is 2. The van der Waals surface area contributed by atoms with E-state index in [2.05, 4.69) is 10.3 Å². The Balaban J connectivity index is 1.85. The van der Waals surface area contributed by atoms with Crippen LogP contribution in [0.3, 0.4) is 0 Å². The molecule has 1 aromatic carbocycles. The van der Waals surface area contributed by atoms with E-state index in [4.69, 9.17) is 14.2 Å². The van der Waals surface area contributed by atoms with Crippen molar-refractivity contribution < 1.29 is 28.6 Å². The van der Waals surface area contributed by atoms with Crippen LogP contribution in [0.2, 0.25) is 0 Å². The van der Waals surface area contributed by atoms with Crippen molar-refractivity contribution in [1.29, 1.82) is 0 Å². The predicted molar refractivity (Wildman–Crippen MR) is 103 cm³/mol. The van der Waals surface area contributed by atoms with Gasteiger partial charge in [-0.1, -0.05) is 0 Å². The monoisotopic (exact) mass is 397 g/mol. The molecule has 0 saturated heterocycles. The molecule has 1 aliphatic rings. The van der Waals surface area contributed by atoms with Crippen LogP contribution < -0.4 is 10.2 Å². The number of hydrogen-bond donors (Lipinski definition) is 1. The van der Waals surface area contributed by atoms with Gasteiger partial charge in [0.05, 0.1) is 32.0 Å².